The molecule has 0 bridgehead atoms. The van der Waals surface area contributed by atoms with Crippen LogP contribution >= 0.6 is 0 Å². The number of amides is 4. The van der Waals surface area contributed by atoms with Gasteiger partial charge in [-0.1, -0.05) is 32.4 Å². The first-order valence-electron chi connectivity index (χ1n) is 19.3. The Balaban J connectivity index is 1.36. The van der Waals surface area contributed by atoms with Crippen LogP contribution in [0.25, 0.3) is 10.8 Å². The van der Waals surface area contributed by atoms with Crippen molar-refractivity contribution in [1.29, 1.82) is 0 Å². The lowest BCUT2D eigenvalue weighted by molar-refractivity contribution is -0.142. The number of carbonyl (C=O) groups is 4. The maximum absolute atomic E-state index is 14.9. The van der Waals surface area contributed by atoms with Crippen molar-refractivity contribution >= 4 is 44.6 Å². The molecule has 4 amide bonds. The number of nitrogens with zero attached hydrogens (tertiary/aromatic N) is 2. The molecule has 0 spiro atoms. The van der Waals surface area contributed by atoms with E-state index >= 15 is 0 Å². The number of alkyl carbamates (subject to hydrolysis) is 1. The summed E-state index contributed by atoms with van der Waals surface area (Å²) in [6, 6.07) is 3.34. The summed E-state index contributed by atoms with van der Waals surface area (Å²) in [4.78, 5) is 62.4. The van der Waals surface area contributed by atoms with E-state index < -0.39 is 73.8 Å². The van der Waals surface area contributed by atoms with E-state index in [9.17, 15) is 27.6 Å². The zero-order valence-electron chi connectivity index (χ0n) is 32.8. The van der Waals surface area contributed by atoms with Gasteiger partial charge in [-0.3, -0.25) is 24.1 Å². The van der Waals surface area contributed by atoms with Gasteiger partial charge in [0.25, 0.3) is 5.91 Å². The molecule has 55 heavy (non-hydrogen) atoms. The van der Waals surface area contributed by atoms with Crippen molar-refractivity contribution in [3.63, 3.8) is 0 Å². The molecule has 2 saturated carbocycles. The Kier molecular flexibility index (Phi) is 11.2. The van der Waals surface area contributed by atoms with Crippen molar-refractivity contribution in [1.82, 2.24) is 25.2 Å². The summed E-state index contributed by atoms with van der Waals surface area (Å²) in [7, 11) is -2.42. The second kappa shape index (κ2) is 15.3. The fraction of sp³-hybridized carbons (Fsp3) is 0.625. The molecule has 1 aromatic heterocycles. The molecule has 0 unspecified atom stereocenters. The zero-order valence-corrected chi connectivity index (χ0v) is 33.7. The largest absolute Gasteiger partial charge is 0.497 e. The average molecular weight is 782 g/mol. The summed E-state index contributed by atoms with van der Waals surface area (Å²) in [5, 5.41) is 7.31. The molecule has 15 heteroatoms. The molecule has 0 radical (unpaired) electrons. The Morgan fingerprint density at radius 1 is 1.13 bits per heavy atom. The minimum Gasteiger partial charge on any atom is -0.497 e. The van der Waals surface area contributed by atoms with Gasteiger partial charge >= 0.3 is 6.09 Å². The minimum absolute atomic E-state index is 0.00277. The van der Waals surface area contributed by atoms with Crippen LogP contribution in [-0.2, 0) is 29.1 Å². The van der Waals surface area contributed by atoms with Crippen LogP contribution in [0.15, 0.2) is 42.7 Å². The van der Waals surface area contributed by atoms with Gasteiger partial charge in [-0.05, 0) is 96.3 Å². The Labute approximate surface area is 323 Å². The van der Waals surface area contributed by atoms with Gasteiger partial charge in [0.05, 0.1) is 24.6 Å². The van der Waals surface area contributed by atoms with Crippen LogP contribution in [0.4, 0.5) is 4.79 Å². The van der Waals surface area contributed by atoms with Crippen molar-refractivity contribution in [3.8, 4) is 11.5 Å². The van der Waals surface area contributed by atoms with E-state index in [1.54, 1.807) is 53.3 Å². The third-order valence-corrected chi connectivity index (χ3v) is 13.7. The molecule has 14 nitrogen and oxygen atoms in total. The zero-order chi connectivity index (χ0) is 39.9. The number of sulfonamides is 1. The van der Waals surface area contributed by atoms with Crippen molar-refractivity contribution < 1.29 is 41.8 Å². The summed E-state index contributed by atoms with van der Waals surface area (Å²) in [6.45, 7) is 10.9. The summed E-state index contributed by atoms with van der Waals surface area (Å²) in [6.07, 6.45) is 9.49. The first-order valence-corrected chi connectivity index (χ1v) is 20.8. The number of nitrogens with one attached hydrogen (secondary N) is 3. The molecule has 7 atom stereocenters. The number of aromatic nitrogens is 1. The summed E-state index contributed by atoms with van der Waals surface area (Å²) in [5.41, 5.74) is -2.34. The lowest BCUT2D eigenvalue weighted by Gasteiger charge is -2.34. The monoisotopic (exact) mass is 781 g/mol. The van der Waals surface area contributed by atoms with Crippen LogP contribution in [0.1, 0.15) is 92.9 Å². The third-order valence-electron chi connectivity index (χ3n) is 11.5. The molecule has 300 valence electrons. The third kappa shape index (κ3) is 8.71. The molecule has 2 aromatic rings. The SMILES string of the molecule is CC[C@@H]1C[C@H](C)CC/C=C\[C@@H]2C[C@@]2(C(=O)NS(=O)(=O)C2(C)CC2)NC(=O)[C@@H]2C[C@@H](Oc3cncc4cc(OC)ccc34)CN2C(=O)[C@H]1NC(=O)OC(C)(C)C. The van der Waals surface area contributed by atoms with E-state index in [4.69, 9.17) is 14.2 Å². The molecule has 6 rings (SSSR count). The number of rotatable bonds is 8. The number of hydrogen-bond donors (Lipinski definition) is 3. The van der Waals surface area contributed by atoms with Crippen LogP contribution in [0.5, 0.6) is 11.5 Å². The number of hydrogen-bond acceptors (Lipinski definition) is 10. The van der Waals surface area contributed by atoms with Crippen molar-refractivity contribution in [2.75, 3.05) is 13.7 Å². The number of allylic oxidation sites excluding steroid dienone is 1. The van der Waals surface area contributed by atoms with Crippen LogP contribution in [-0.4, -0.2) is 89.8 Å². The maximum atomic E-state index is 14.9. The van der Waals surface area contributed by atoms with Gasteiger partial charge in [0.15, 0.2) is 0 Å². The quantitative estimate of drug-likeness (QED) is 0.316. The van der Waals surface area contributed by atoms with Crippen LogP contribution in [0, 0.1) is 17.8 Å². The predicted octanol–water partition coefficient (Wildman–Crippen LogP) is 4.76. The van der Waals surface area contributed by atoms with E-state index in [0.29, 0.717) is 43.6 Å². The normalized spacial score (nSPS) is 30.1. The van der Waals surface area contributed by atoms with Crippen molar-refractivity contribution in [3.05, 3.63) is 42.7 Å². The van der Waals surface area contributed by atoms with E-state index in [-0.39, 0.29) is 31.2 Å². The number of carbonyl (C=O) groups excluding carboxylic acids is 4. The van der Waals surface area contributed by atoms with E-state index in [1.165, 1.54) is 4.90 Å². The predicted molar refractivity (Wildman–Crippen MR) is 206 cm³/mol. The molecule has 2 aliphatic heterocycles. The highest BCUT2D eigenvalue weighted by Gasteiger charge is 2.63. The summed E-state index contributed by atoms with van der Waals surface area (Å²) < 4.78 is 45.1. The average Bonchev–Trinajstić information content (AvgIpc) is 4.00. The molecular formula is C40H55N5O9S. The molecule has 3 heterocycles. The highest BCUT2D eigenvalue weighted by Crippen LogP contribution is 2.47. The Bertz CT molecular complexity index is 1960. The molecule has 3 N–H and O–H groups in total. The molecule has 4 aliphatic rings. The fourth-order valence-corrected chi connectivity index (χ4v) is 9.09. The number of ether oxygens (including phenoxy) is 3. The van der Waals surface area contributed by atoms with Crippen LogP contribution in [0.2, 0.25) is 0 Å². The van der Waals surface area contributed by atoms with E-state index in [1.807, 2.05) is 31.2 Å². The Morgan fingerprint density at radius 2 is 1.87 bits per heavy atom. The number of methoxy groups -OCH3 is 1. The molecule has 2 aliphatic carbocycles. The topological polar surface area (TPSA) is 182 Å². The summed E-state index contributed by atoms with van der Waals surface area (Å²) >= 11 is 0. The molecule has 1 aromatic carbocycles. The highest BCUT2D eigenvalue weighted by molar-refractivity contribution is 7.91. The first kappa shape index (κ1) is 40.3. The van der Waals surface area contributed by atoms with Crippen molar-refractivity contribution in [2.24, 2.45) is 17.8 Å². The van der Waals surface area contributed by atoms with Gasteiger partial charge < -0.3 is 29.7 Å². The number of fused-ring (bicyclic) bond motifs is 3. The van der Waals surface area contributed by atoms with Crippen molar-refractivity contribution in [2.45, 2.75) is 127 Å². The minimum atomic E-state index is -4.00. The lowest BCUT2D eigenvalue weighted by atomic mass is 9.85. The lowest BCUT2D eigenvalue weighted by Crippen LogP contribution is -2.59. The van der Waals surface area contributed by atoms with E-state index in [2.05, 4.69) is 27.3 Å². The smallest absolute Gasteiger partial charge is 0.408 e. The molecule has 1 saturated heterocycles. The van der Waals surface area contributed by atoms with E-state index in [0.717, 1.165) is 17.2 Å². The fourth-order valence-electron chi connectivity index (χ4n) is 7.78. The maximum Gasteiger partial charge on any atom is 0.408 e. The summed E-state index contributed by atoms with van der Waals surface area (Å²) in [5.74, 6) is -1.35. The Morgan fingerprint density at radius 3 is 2.55 bits per heavy atom. The highest BCUT2D eigenvalue weighted by atomic mass is 32.2. The van der Waals surface area contributed by atoms with Gasteiger partial charge in [-0.15, -0.1) is 0 Å². The Hall–Kier alpha value is -4.40. The number of pyridine rings is 1. The van der Waals surface area contributed by atoms with Crippen LogP contribution < -0.4 is 24.8 Å². The van der Waals surface area contributed by atoms with Crippen LogP contribution in [0.3, 0.4) is 0 Å². The second-order valence-electron chi connectivity index (χ2n) is 17.0. The second-order valence-corrected chi connectivity index (χ2v) is 19.2. The molecular weight excluding hydrogens is 727 g/mol. The number of benzene rings is 1. The standard InChI is InChI=1S/C40H55N5O9S/c1-8-25-17-24(2)11-9-10-12-27-20-40(27,36(48)44-55(50,51)39(6)15-16-39)43-34(46)31-19-29(23-45(31)35(47)33(25)42-37(49)54-38(3,4)5)53-32-22-41-21-26-18-28(52-7)13-14-30(26)32/h10,12-14,18,21-22,24-25,27,29,31,33H,8-9,11,15-17,19-20,23H2,1-7H3,(H,42,49)(H,43,46)(H,44,48)/b12-10-/t24-,25-,27-,29-,31+,33+,40-/m1/s1. The first-order chi connectivity index (χ1) is 25.9. The van der Waals surface area contributed by atoms with Gasteiger partial charge in [-0.2, -0.15) is 0 Å². The molecule has 3 fully saturated rings. The van der Waals surface area contributed by atoms with Gasteiger partial charge in [0.1, 0.15) is 40.8 Å². The van der Waals surface area contributed by atoms with Gasteiger partial charge in [0.2, 0.25) is 21.8 Å². The van der Waals surface area contributed by atoms with Gasteiger partial charge in [-0.25, -0.2) is 13.2 Å². The van der Waals surface area contributed by atoms with Gasteiger partial charge in [0, 0.05) is 29.3 Å².